The first-order valence-electron chi connectivity index (χ1n) is 10.2. The third-order valence-corrected chi connectivity index (χ3v) is 7.17. The van der Waals surface area contributed by atoms with Gasteiger partial charge in [0.2, 0.25) is 0 Å². The summed E-state index contributed by atoms with van der Waals surface area (Å²) in [6.45, 7) is 10.5. The third kappa shape index (κ3) is 3.20. The molecule has 0 N–H and O–H groups in total. The number of piperidine rings is 1. The largest absolute Gasteiger partial charge is 0.306 e. The number of rotatable bonds is 3. The van der Waals surface area contributed by atoms with Crippen LogP contribution < -0.4 is 5.56 Å². The SMILES string of the molecule is CCc1nc2sc(C)c(-c3ccc(C)c(C)c3)c2c(=O)n1C1CCN(C)CC1. The van der Waals surface area contributed by atoms with Gasteiger partial charge < -0.3 is 4.90 Å². The smallest absolute Gasteiger partial charge is 0.263 e. The number of aromatic nitrogens is 2. The average Bonchev–Trinajstić information content (AvgIpc) is 3.01. The molecule has 3 heterocycles. The molecule has 0 atom stereocenters. The molecule has 0 spiro atoms. The highest BCUT2D eigenvalue weighted by Gasteiger charge is 2.25. The number of thiophene rings is 1. The maximum absolute atomic E-state index is 13.8. The first kappa shape index (κ1) is 19.3. The molecule has 0 unspecified atom stereocenters. The number of fused-ring (bicyclic) bond motifs is 1. The molecule has 1 aliphatic heterocycles. The molecule has 1 aromatic carbocycles. The summed E-state index contributed by atoms with van der Waals surface area (Å²) >= 11 is 1.65. The molecule has 0 saturated carbocycles. The summed E-state index contributed by atoms with van der Waals surface area (Å²) < 4.78 is 2.02. The second-order valence-corrected chi connectivity index (χ2v) is 9.31. The Hall–Kier alpha value is -1.98. The first-order chi connectivity index (χ1) is 13.4. The van der Waals surface area contributed by atoms with Crippen LogP contribution in [0.5, 0.6) is 0 Å². The van der Waals surface area contributed by atoms with Crippen molar-refractivity contribution < 1.29 is 0 Å². The summed E-state index contributed by atoms with van der Waals surface area (Å²) in [5.41, 5.74) is 4.88. The van der Waals surface area contributed by atoms with Crippen molar-refractivity contribution >= 4 is 21.6 Å². The van der Waals surface area contributed by atoms with Crippen LogP contribution in [0.4, 0.5) is 0 Å². The van der Waals surface area contributed by atoms with Crippen LogP contribution in [0, 0.1) is 20.8 Å². The maximum Gasteiger partial charge on any atom is 0.263 e. The zero-order chi connectivity index (χ0) is 20.0. The fourth-order valence-corrected chi connectivity index (χ4v) is 5.39. The Bertz CT molecular complexity index is 1090. The van der Waals surface area contributed by atoms with E-state index < -0.39 is 0 Å². The van der Waals surface area contributed by atoms with Crippen LogP contribution in [0.15, 0.2) is 23.0 Å². The Labute approximate surface area is 170 Å². The van der Waals surface area contributed by atoms with Crippen LogP contribution in [-0.2, 0) is 6.42 Å². The van der Waals surface area contributed by atoms with Gasteiger partial charge in [-0.15, -0.1) is 11.3 Å². The predicted octanol–water partition coefficient (Wildman–Crippen LogP) is 4.88. The number of nitrogens with zero attached hydrogens (tertiary/aromatic N) is 3. The fourth-order valence-electron chi connectivity index (χ4n) is 4.34. The van der Waals surface area contributed by atoms with Crippen LogP contribution in [0.25, 0.3) is 21.3 Å². The standard InChI is InChI=1S/C23H29N3OS/c1-6-19-24-22-21(23(27)26(19)18-9-11-25(5)12-10-18)20(16(4)28-22)17-8-7-14(2)15(3)13-17/h7-8,13,18H,6,9-12H2,1-5H3. The molecule has 5 heteroatoms. The minimum Gasteiger partial charge on any atom is -0.306 e. The highest BCUT2D eigenvalue weighted by Crippen LogP contribution is 2.37. The van der Waals surface area contributed by atoms with E-state index >= 15 is 0 Å². The monoisotopic (exact) mass is 395 g/mol. The van der Waals surface area contributed by atoms with Crippen LogP contribution in [0.2, 0.25) is 0 Å². The van der Waals surface area contributed by atoms with Gasteiger partial charge in [-0.05, 0) is 70.4 Å². The van der Waals surface area contributed by atoms with Crippen molar-refractivity contribution in [3.63, 3.8) is 0 Å². The molecular weight excluding hydrogens is 366 g/mol. The van der Waals surface area contributed by atoms with E-state index in [2.05, 4.69) is 57.8 Å². The molecule has 2 aromatic heterocycles. The van der Waals surface area contributed by atoms with E-state index in [0.29, 0.717) is 0 Å². The van der Waals surface area contributed by atoms with Gasteiger partial charge in [0.05, 0.1) is 5.39 Å². The Morgan fingerprint density at radius 3 is 2.50 bits per heavy atom. The van der Waals surface area contributed by atoms with Gasteiger partial charge >= 0.3 is 0 Å². The van der Waals surface area contributed by atoms with E-state index in [0.717, 1.165) is 59.5 Å². The normalized spacial score (nSPS) is 16.2. The minimum absolute atomic E-state index is 0.147. The highest BCUT2D eigenvalue weighted by atomic mass is 32.1. The molecule has 148 valence electrons. The molecule has 28 heavy (non-hydrogen) atoms. The van der Waals surface area contributed by atoms with Gasteiger partial charge in [0.1, 0.15) is 10.7 Å². The van der Waals surface area contributed by atoms with E-state index in [1.165, 1.54) is 16.0 Å². The molecule has 1 aliphatic rings. The molecule has 0 radical (unpaired) electrons. The second-order valence-electron chi connectivity index (χ2n) is 8.10. The topological polar surface area (TPSA) is 38.1 Å². The summed E-state index contributed by atoms with van der Waals surface area (Å²) in [6.07, 6.45) is 2.81. The summed E-state index contributed by atoms with van der Waals surface area (Å²) in [7, 11) is 2.15. The third-order valence-electron chi connectivity index (χ3n) is 6.17. The van der Waals surface area contributed by atoms with Crippen molar-refractivity contribution in [1.82, 2.24) is 14.5 Å². The van der Waals surface area contributed by atoms with Gasteiger partial charge in [0.15, 0.2) is 0 Å². The number of benzene rings is 1. The Morgan fingerprint density at radius 1 is 1.14 bits per heavy atom. The van der Waals surface area contributed by atoms with Crippen LogP contribution in [0.1, 0.15) is 47.6 Å². The van der Waals surface area contributed by atoms with Crippen molar-refractivity contribution in [1.29, 1.82) is 0 Å². The van der Waals surface area contributed by atoms with Crippen molar-refractivity contribution in [3.05, 3.63) is 50.4 Å². The van der Waals surface area contributed by atoms with Crippen molar-refractivity contribution in [2.24, 2.45) is 0 Å². The molecule has 1 fully saturated rings. The van der Waals surface area contributed by atoms with Crippen LogP contribution in [-0.4, -0.2) is 34.6 Å². The molecule has 0 amide bonds. The number of likely N-dealkylation sites (tertiary alicyclic amines) is 1. The molecule has 0 aliphatic carbocycles. The van der Waals surface area contributed by atoms with Crippen molar-refractivity contribution in [2.75, 3.05) is 20.1 Å². The maximum atomic E-state index is 13.8. The van der Waals surface area contributed by atoms with Gasteiger partial charge in [0, 0.05) is 22.9 Å². The highest BCUT2D eigenvalue weighted by molar-refractivity contribution is 7.19. The zero-order valence-electron chi connectivity index (χ0n) is 17.5. The van der Waals surface area contributed by atoms with E-state index in [-0.39, 0.29) is 11.6 Å². The Kier molecular flexibility index (Phi) is 5.15. The first-order valence-corrected chi connectivity index (χ1v) is 11.0. The van der Waals surface area contributed by atoms with E-state index in [1.54, 1.807) is 11.3 Å². The summed E-state index contributed by atoms with van der Waals surface area (Å²) in [5, 5.41) is 0.807. The van der Waals surface area contributed by atoms with E-state index in [1.807, 2.05) is 4.57 Å². The molecular formula is C23H29N3OS. The van der Waals surface area contributed by atoms with Crippen LogP contribution >= 0.6 is 11.3 Å². The van der Waals surface area contributed by atoms with Gasteiger partial charge in [-0.3, -0.25) is 9.36 Å². The van der Waals surface area contributed by atoms with Gasteiger partial charge in [0.25, 0.3) is 5.56 Å². The fraction of sp³-hybridized carbons (Fsp3) is 0.478. The van der Waals surface area contributed by atoms with Gasteiger partial charge in [-0.2, -0.15) is 0 Å². The molecule has 4 nitrogen and oxygen atoms in total. The summed E-state index contributed by atoms with van der Waals surface area (Å²) in [6, 6.07) is 6.75. The molecule has 4 rings (SSSR count). The Morgan fingerprint density at radius 2 is 1.86 bits per heavy atom. The summed E-state index contributed by atoms with van der Waals surface area (Å²) in [5.74, 6) is 0.930. The number of hydrogen-bond acceptors (Lipinski definition) is 4. The van der Waals surface area contributed by atoms with E-state index in [9.17, 15) is 4.79 Å². The lowest BCUT2D eigenvalue weighted by molar-refractivity contribution is 0.216. The molecule has 0 bridgehead atoms. The summed E-state index contributed by atoms with van der Waals surface area (Å²) in [4.78, 5) is 23.1. The lowest BCUT2D eigenvalue weighted by Crippen LogP contribution is -2.37. The lowest BCUT2D eigenvalue weighted by atomic mass is 9.99. The molecule has 1 saturated heterocycles. The van der Waals surface area contributed by atoms with Gasteiger partial charge in [-0.25, -0.2) is 4.98 Å². The number of aryl methyl sites for hydroxylation is 4. The van der Waals surface area contributed by atoms with Gasteiger partial charge in [-0.1, -0.05) is 25.1 Å². The molecule has 3 aromatic rings. The Balaban J connectivity index is 1.95. The van der Waals surface area contributed by atoms with Crippen LogP contribution in [0.3, 0.4) is 0 Å². The lowest BCUT2D eigenvalue weighted by Gasteiger charge is -2.31. The minimum atomic E-state index is 0.147. The average molecular weight is 396 g/mol. The van der Waals surface area contributed by atoms with Crippen molar-refractivity contribution in [3.8, 4) is 11.1 Å². The van der Waals surface area contributed by atoms with Crippen molar-refractivity contribution in [2.45, 2.75) is 53.0 Å². The quantitative estimate of drug-likeness (QED) is 0.634. The predicted molar refractivity (Wildman–Crippen MR) is 119 cm³/mol. The second kappa shape index (κ2) is 7.45. The van der Waals surface area contributed by atoms with E-state index in [4.69, 9.17) is 4.98 Å². The number of hydrogen-bond donors (Lipinski definition) is 0. The zero-order valence-corrected chi connectivity index (χ0v) is 18.3.